The van der Waals surface area contributed by atoms with E-state index >= 15 is 0 Å². The van der Waals surface area contributed by atoms with Crippen molar-refractivity contribution in [1.82, 2.24) is 0 Å². The molecule has 2 N–H and O–H groups in total. The summed E-state index contributed by atoms with van der Waals surface area (Å²) in [6.45, 7) is 2.92. The molecule has 2 rings (SSSR count). The van der Waals surface area contributed by atoms with Gasteiger partial charge in [0.1, 0.15) is 5.56 Å². The van der Waals surface area contributed by atoms with Gasteiger partial charge in [0, 0.05) is 18.3 Å². The fourth-order valence-electron chi connectivity index (χ4n) is 2.60. The molecule has 1 aromatic carbocycles. The predicted molar refractivity (Wildman–Crippen MR) is 75.1 cm³/mol. The number of nitro groups is 1. The lowest BCUT2D eigenvalue weighted by atomic mass is 9.67. The number of nitrogens with one attached hydrogen (secondary N) is 1. The second kappa shape index (κ2) is 5.48. The molecule has 1 aromatic rings. The molecular weight excluding hydrogens is 260 g/mol. The van der Waals surface area contributed by atoms with E-state index in [1.165, 1.54) is 31.4 Å². The molecule has 108 valence electrons. The number of hydrogen-bond donors (Lipinski definition) is 2. The van der Waals surface area contributed by atoms with Crippen LogP contribution in [0.4, 0.5) is 11.4 Å². The van der Waals surface area contributed by atoms with E-state index in [9.17, 15) is 14.9 Å². The largest absolute Gasteiger partial charge is 0.477 e. The van der Waals surface area contributed by atoms with Crippen LogP contribution in [0.2, 0.25) is 0 Å². The normalized spacial score (nSPS) is 16.2. The molecule has 20 heavy (non-hydrogen) atoms. The predicted octanol–water partition coefficient (Wildman–Crippen LogP) is 3.29. The number of benzene rings is 1. The molecule has 0 radical (unpaired) electrons. The summed E-state index contributed by atoms with van der Waals surface area (Å²) in [7, 11) is 0. The highest BCUT2D eigenvalue weighted by molar-refractivity contribution is 5.93. The van der Waals surface area contributed by atoms with Crippen molar-refractivity contribution in [3.8, 4) is 0 Å². The van der Waals surface area contributed by atoms with Crippen LogP contribution in [-0.4, -0.2) is 22.5 Å². The molecule has 1 fully saturated rings. The second-order valence-electron chi connectivity index (χ2n) is 5.35. The van der Waals surface area contributed by atoms with E-state index in [-0.39, 0.29) is 11.3 Å². The molecule has 1 saturated carbocycles. The lowest BCUT2D eigenvalue weighted by Crippen LogP contribution is -2.35. The van der Waals surface area contributed by atoms with Gasteiger partial charge in [0.05, 0.1) is 4.92 Å². The van der Waals surface area contributed by atoms with Crippen molar-refractivity contribution in [2.24, 2.45) is 5.41 Å². The number of rotatable bonds is 6. The van der Waals surface area contributed by atoms with Gasteiger partial charge in [0.2, 0.25) is 0 Å². The third kappa shape index (κ3) is 2.74. The third-order valence-corrected chi connectivity index (χ3v) is 4.26. The lowest BCUT2D eigenvalue weighted by molar-refractivity contribution is -0.385. The van der Waals surface area contributed by atoms with Crippen LogP contribution in [0.5, 0.6) is 0 Å². The first-order chi connectivity index (χ1) is 9.47. The summed E-state index contributed by atoms with van der Waals surface area (Å²) in [6, 6.07) is 4.16. The van der Waals surface area contributed by atoms with E-state index in [2.05, 4.69) is 12.2 Å². The molecule has 6 nitrogen and oxygen atoms in total. The van der Waals surface area contributed by atoms with Crippen LogP contribution in [0, 0.1) is 15.5 Å². The monoisotopic (exact) mass is 278 g/mol. The fraction of sp³-hybridized carbons (Fsp3) is 0.500. The van der Waals surface area contributed by atoms with Crippen LogP contribution >= 0.6 is 0 Å². The molecule has 0 amide bonds. The van der Waals surface area contributed by atoms with Gasteiger partial charge < -0.3 is 10.4 Å². The van der Waals surface area contributed by atoms with Gasteiger partial charge in [-0.05, 0) is 36.8 Å². The maximum Gasteiger partial charge on any atom is 0.342 e. The molecule has 1 aliphatic rings. The molecule has 6 heteroatoms. The van der Waals surface area contributed by atoms with Gasteiger partial charge in [-0.3, -0.25) is 10.1 Å². The minimum absolute atomic E-state index is 0.283. The van der Waals surface area contributed by atoms with Crippen molar-refractivity contribution in [3.63, 3.8) is 0 Å². The SMILES string of the molecule is CCC1(CNc2ccc(C(=O)O)c([N+](=O)[O-])c2)CCC1. The topological polar surface area (TPSA) is 92.5 Å². The van der Waals surface area contributed by atoms with Crippen LogP contribution in [0.25, 0.3) is 0 Å². The van der Waals surface area contributed by atoms with Crippen molar-refractivity contribution >= 4 is 17.3 Å². The third-order valence-electron chi connectivity index (χ3n) is 4.26. The molecule has 1 aliphatic carbocycles. The highest BCUT2D eigenvalue weighted by atomic mass is 16.6. The maximum absolute atomic E-state index is 10.9. The summed E-state index contributed by atoms with van der Waals surface area (Å²) in [6.07, 6.45) is 4.65. The standard InChI is InChI=1S/C14H18N2O4/c1-2-14(6-3-7-14)9-15-10-4-5-11(13(17)18)12(8-10)16(19)20/h4-5,8,15H,2-3,6-7,9H2,1H3,(H,17,18). The quantitative estimate of drug-likeness (QED) is 0.615. The van der Waals surface area contributed by atoms with Crippen LogP contribution in [0.15, 0.2) is 18.2 Å². The molecule has 0 spiro atoms. The number of nitrogens with zero attached hydrogens (tertiary/aromatic N) is 1. The van der Waals surface area contributed by atoms with Gasteiger partial charge in [-0.2, -0.15) is 0 Å². The molecule has 0 aliphatic heterocycles. The van der Waals surface area contributed by atoms with Gasteiger partial charge in [-0.15, -0.1) is 0 Å². The summed E-state index contributed by atoms with van der Waals surface area (Å²) in [4.78, 5) is 21.2. The summed E-state index contributed by atoms with van der Waals surface area (Å²) < 4.78 is 0. The molecule has 0 bridgehead atoms. The average Bonchev–Trinajstić information content (AvgIpc) is 2.37. The number of hydrogen-bond acceptors (Lipinski definition) is 4. The number of nitro benzene ring substituents is 1. The van der Waals surface area contributed by atoms with Crippen LogP contribution in [0.1, 0.15) is 43.0 Å². The van der Waals surface area contributed by atoms with E-state index in [0.717, 1.165) is 13.0 Å². The molecule has 0 atom stereocenters. The van der Waals surface area contributed by atoms with Gasteiger partial charge in [-0.1, -0.05) is 13.3 Å². The van der Waals surface area contributed by atoms with E-state index in [1.807, 2.05) is 0 Å². The number of anilines is 1. The zero-order valence-electron chi connectivity index (χ0n) is 11.4. The Hall–Kier alpha value is -2.11. The van der Waals surface area contributed by atoms with Gasteiger partial charge >= 0.3 is 5.97 Å². The van der Waals surface area contributed by atoms with Gasteiger partial charge in [0.25, 0.3) is 5.69 Å². The Bertz CT molecular complexity index is 532. The minimum atomic E-state index is -1.28. The molecule has 0 unspecified atom stereocenters. The highest BCUT2D eigenvalue weighted by Crippen LogP contribution is 2.43. The summed E-state index contributed by atoms with van der Waals surface area (Å²) in [5, 5.41) is 23.0. The van der Waals surface area contributed by atoms with Crippen molar-refractivity contribution in [2.45, 2.75) is 32.6 Å². The van der Waals surface area contributed by atoms with E-state index in [4.69, 9.17) is 5.11 Å². The van der Waals surface area contributed by atoms with Crippen molar-refractivity contribution in [3.05, 3.63) is 33.9 Å². The van der Waals surface area contributed by atoms with Crippen LogP contribution in [0.3, 0.4) is 0 Å². The Morgan fingerprint density at radius 3 is 2.65 bits per heavy atom. The van der Waals surface area contributed by atoms with E-state index in [0.29, 0.717) is 11.1 Å². The zero-order chi connectivity index (χ0) is 14.8. The summed E-state index contributed by atoms with van der Waals surface area (Å²) in [5.41, 5.74) is 0.234. The zero-order valence-corrected chi connectivity index (χ0v) is 11.4. The van der Waals surface area contributed by atoms with Crippen molar-refractivity contribution in [2.75, 3.05) is 11.9 Å². The number of aromatic carboxylic acids is 1. The molecule has 0 heterocycles. The first-order valence-electron chi connectivity index (χ1n) is 6.73. The summed E-state index contributed by atoms with van der Waals surface area (Å²) >= 11 is 0. The Kier molecular flexibility index (Phi) is 3.92. The number of carboxylic acid groups (broad SMARTS) is 1. The van der Waals surface area contributed by atoms with Gasteiger partial charge in [-0.25, -0.2) is 4.79 Å². The first kappa shape index (κ1) is 14.3. The molecule has 0 aromatic heterocycles. The minimum Gasteiger partial charge on any atom is -0.477 e. The molecule has 0 saturated heterocycles. The average molecular weight is 278 g/mol. The Labute approximate surface area is 117 Å². The molecular formula is C14H18N2O4. The fourth-order valence-corrected chi connectivity index (χ4v) is 2.60. The highest BCUT2D eigenvalue weighted by Gasteiger charge is 2.34. The van der Waals surface area contributed by atoms with Crippen molar-refractivity contribution in [1.29, 1.82) is 0 Å². The van der Waals surface area contributed by atoms with Crippen LogP contribution < -0.4 is 5.32 Å². The second-order valence-corrected chi connectivity index (χ2v) is 5.35. The van der Waals surface area contributed by atoms with Crippen LogP contribution in [-0.2, 0) is 0 Å². The Morgan fingerprint density at radius 2 is 2.20 bits per heavy atom. The maximum atomic E-state index is 10.9. The first-order valence-corrected chi connectivity index (χ1v) is 6.73. The summed E-state index contributed by atoms with van der Waals surface area (Å²) in [5.74, 6) is -1.28. The van der Waals surface area contributed by atoms with E-state index in [1.54, 1.807) is 6.07 Å². The van der Waals surface area contributed by atoms with Crippen molar-refractivity contribution < 1.29 is 14.8 Å². The van der Waals surface area contributed by atoms with E-state index < -0.39 is 10.9 Å². The smallest absolute Gasteiger partial charge is 0.342 e. The number of carbonyl (C=O) groups is 1. The Morgan fingerprint density at radius 1 is 1.50 bits per heavy atom. The Balaban J connectivity index is 2.15. The van der Waals surface area contributed by atoms with Gasteiger partial charge in [0.15, 0.2) is 0 Å². The number of carboxylic acids is 1. The lowest BCUT2D eigenvalue weighted by Gasteiger charge is -2.41.